The Bertz CT molecular complexity index is 2370. The third kappa shape index (κ3) is 4.74. The van der Waals surface area contributed by atoms with Gasteiger partial charge in [0, 0.05) is 39.8 Å². The molecular formula is C50H37N3. The molecule has 2 aliphatic carbocycles. The Labute approximate surface area is 310 Å². The Morgan fingerprint density at radius 2 is 0.679 bits per heavy atom. The minimum absolute atomic E-state index is 0.596. The van der Waals surface area contributed by atoms with E-state index in [0.29, 0.717) is 0 Å². The van der Waals surface area contributed by atoms with Crippen LogP contribution in [0.1, 0.15) is 27.8 Å². The fourth-order valence-electron chi connectivity index (χ4n) is 8.82. The number of hydrogen-bond acceptors (Lipinski definition) is 3. The van der Waals surface area contributed by atoms with Crippen LogP contribution >= 0.6 is 0 Å². The van der Waals surface area contributed by atoms with Crippen LogP contribution in [-0.2, 0) is 5.41 Å². The van der Waals surface area contributed by atoms with Crippen molar-refractivity contribution >= 4 is 39.8 Å². The molecule has 0 saturated carbocycles. The van der Waals surface area contributed by atoms with Gasteiger partial charge in [-0.15, -0.1) is 0 Å². The van der Waals surface area contributed by atoms with Crippen LogP contribution in [0.3, 0.4) is 0 Å². The highest BCUT2D eigenvalue weighted by atomic mass is 15.1. The molecule has 0 bridgehead atoms. The molecule has 0 fully saturated rings. The van der Waals surface area contributed by atoms with Gasteiger partial charge in [-0.3, -0.25) is 0 Å². The smallest absolute Gasteiger partial charge is 0.0727 e. The van der Waals surface area contributed by atoms with Gasteiger partial charge in [0.1, 0.15) is 0 Å². The van der Waals surface area contributed by atoms with Crippen LogP contribution in [0.15, 0.2) is 194 Å². The first-order chi connectivity index (χ1) is 26.1. The van der Waals surface area contributed by atoms with E-state index in [1.807, 2.05) is 6.07 Å². The van der Waals surface area contributed by atoms with E-state index in [4.69, 9.17) is 5.73 Å². The van der Waals surface area contributed by atoms with Crippen molar-refractivity contribution < 1.29 is 0 Å². The van der Waals surface area contributed by atoms with Gasteiger partial charge in [-0.25, -0.2) is 0 Å². The van der Waals surface area contributed by atoms with Crippen molar-refractivity contribution in [2.45, 2.75) is 12.3 Å². The Hall–Kier alpha value is -6.84. The number of hydrogen-bond donors (Lipinski definition) is 1. The van der Waals surface area contributed by atoms with Crippen molar-refractivity contribution in [2.24, 2.45) is 0 Å². The highest BCUT2D eigenvalue weighted by Gasteiger charge is 2.52. The predicted octanol–water partition coefficient (Wildman–Crippen LogP) is 12.9. The van der Waals surface area contributed by atoms with E-state index in [1.54, 1.807) is 0 Å². The maximum absolute atomic E-state index is 6.73. The molecule has 0 heterocycles. The first-order valence-corrected chi connectivity index (χ1v) is 18.2. The summed E-state index contributed by atoms with van der Waals surface area (Å²) in [5.41, 5.74) is 24.8. The average molecular weight is 680 g/mol. The first kappa shape index (κ1) is 30.9. The van der Waals surface area contributed by atoms with Crippen molar-refractivity contribution in [3.63, 3.8) is 0 Å². The summed E-state index contributed by atoms with van der Waals surface area (Å²) in [7, 11) is 0. The van der Waals surface area contributed by atoms with Crippen LogP contribution in [0.4, 0.5) is 39.8 Å². The van der Waals surface area contributed by atoms with E-state index in [0.717, 1.165) is 39.8 Å². The van der Waals surface area contributed by atoms with Crippen LogP contribution in [0.2, 0.25) is 0 Å². The van der Waals surface area contributed by atoms with Crippen LogP contribution < -0.4 is 15.5 Å². The second-order valence-corrected chi connectivity index (χ2v) is 14.1. The molecule has 252 valence electrons. The minimum Gasteiger partial charge on any atom is -0.399 e. The Morgan fingerprint density at radius 3 is 1.09 bits per heavy atom. The second-order valence-electron chi connectivity index (χ2n) is 14.1. The quantitative estimate of drug-likeness (QED) is 0.178. The first-order valence-electron chi connectivity index (χ1n) is 18.2. The fourth-order valence-corrected chi connectivity index (χ4v) is 8.82. The maximum atomic E-state index is 6.73. The SMILES string of the molecule is Cc1ccc2c(c1)C1(c3cc(N)ccc3-c3ccc(N(c4ccccc4)c4ccccc4)cc31)c1cc(N(c3ccccc3)c3ccccc3)ccc1-2. The van der Waals surface area contributed by atoms with Gasteiger partial charge in [0.15, 0.2) is 0 Å². The fraction of sp³-hybridized carbons (Fsp3) is 0.0400. The lowest BCUT2D eigenvalue weighted by atomic mass is 9.70. The molecule has 0 aliphatic heterocycles. The summed E-state index contributed by atoms with van der Waals surface area (Å²) in [6.07, 6.45) is 0. The number of para-hydroxylation sites is 4. The van der Waals surface area contributed by atoms with Gasteiger partial charge in [0.05, 0.1) is 5.41 Å². The summed E-state index contributed by atoms with van der Waals surface area (Å²) in [5.74, 6) is 0. The van der Waals surface area contributed by atoms with Gasteiger partial charge in [-0.05, 0) is 136 Å². The number of nitrogen functional groups attached to an aromatic ring is 1. The lowest BCUT2D eigenvalue weighted by Gasteiger charge is -2.33. The van der Waals surface area contributed by atoms with Crippen molar-refractivity contribution in [3.05, 3.63) is 222 Å². The molecule has 8 aromatic carbocycles. The summed E-state index contributed by atoms with van der Waals surface area (Å²) in [5, 5.41) is 0. The standard InChI is InChI=1S/C50H37N3/c1-34-22-26-42-44-28-24-40(52(36-14-6-2-7-15-36)37-16-8-3-9-17-37)32-48(44)50(46(42)30-34)47-31-35(51)23-27-43(47)45-29-25-41(33-49(45)50)53(38-18-10-4-11-19-38)39-20-12-5-13-21-39/h2-33H,51H2,1H3. The van der Waals surface area contributed by atoms with E-state index in [-0.39, 0.29) is 0 Å². The molecule has 10 rings (SSSR count). The summed E-state index contributed by atoms with van der Waals surface area (Å²) < 4.78 is 0. The number of rotatable bonds is 6. The van der Waals surface area contributed by atoms with E-state index in [2.05, 4.69) is 205 Å². The van der Waals surface area contributed by atoms with Gasteiger partial charge in [-0.1, -0.05) is 115 Å². The number of nitrogens with two attached hydrogens (primary N) is 1. The van der Waals surface area contributed by atoms with Crippen LogP contribution in [0, 0.1) is 6.92 Å². The monoisotopic (exact) mass is 679 g/mol. The highest BCUT2D eigenvalue weighted by molar-refractivity contribution is 5.98. The average Bonchev–Trinajstić information content (AvgIpc) is 3.65. The zero-order valence-corrected chi connectivity index (χ0v) is 29.4. The van der Waals surface area contributed by atoms with Crippen LogP contribution in [0.5, 0.6) is 0 Å². The largest absolute Gasteiger partial charge is 0.399 e. The molecule has 1 unspecified atom stereocenters. The van der Waals surface area contributed by atoms with Crippen molar-refractivity contribution in [1.29, 1.82) is 0 Å². The molecule has 3 heteroatoms. The van der Waals surface area contributed by atoms with Gasteiger partial charge in [-0.2, -0.15) is 0 Å². The lowest BCUT2D eigenvalue weighted by Crippen LogP contribution is -2.27. The summed E-state index contributed by atoms with van der Waals surface area (Å²) in [4.78, 5) is 4.72. The molecule has 8 aromatic rings. The Kier molecular flexibility index (Phi) is 7.09. The molecule has 2 N–H and O–H groups in total. The molecule has 0 amide bonds. The van der Waals surface area contributed by atoms with E-state index in [1.165, 1.54) is 50.1 Å². The number of aryl methyl sites for hydroxylation is 1. The Balaban J connectivity index is 1.28. The maximum Gasteiger partial charge on any atom is 0.0727 e. The zero-order valence-electron chi connectivity index (χ0n) is 29.4. The number of anilines is 7. The van der Waals surface area contributed by atoms with Gasteiger partial charge in [0.2, 0.25) is 0 Å². The number of benzene rings is 8. The van der Waals surface area contributed by atoms with Crippen molar-refractivity contribution in [3.8, 4) is 22.3 Å². The third-order valence-electron chi connectivity index (χ3n) is 11.0. The van der Waals surface area contributed by atoms with Gasteiger partial charge < -0.3 is 15.5 Å². The lowest BCUT2D eigenvalue weighted by molar-refractivity contribution is 0.793. The predicted molar refractivity (Wildman–Crippen MR) is 221 cm³/mol. The number of fused-ring (bicyclic) bond motifs is 10. The minimum atomic E-state index is -0.596. The Morgan fingerprint density at radius 1 is 0.340 bits per heavy atom. The molecule has 0 saturated heterocycles. The molecule has 1 atom stereocenters. The van der Waals surface area contributed by atoms with E-state index in [9.17, 15) is 0 Å². The molecule has 2 aliphatic rings. The van der Waals surface area contributed by atoms with E-state index < -0.39 is 5.41 Å². The van der Waals surface area contributed by atoms with Crippen LogP contribution in [-0.4, -0.2) is 0 Å². The normalized spacial score (nSPS) is 14.7. The van der Waals surface area contributed by atoms with E-state index >= 15 is 0 Å². The van der Waals surface area contributed by atoms with Gasteiger partial charge in [0.25, 0.3) is 0 Å². The molecular weight excluding hydrogens is 643 g/mol. The molecule has 3 nitrogen and oxygen atoms in total. The summed E-state index contributed by atoms with van der Waals surface area (Å²) >= 11 is 0. The van der Waals surface area contributed by atoms with Crippen molar-refractivity contribution in [2.75, 3.05) is 15.5 Å². The van der Waals surface area contributed by atoms with Crippen LogP contribution in [0.25, 0.3) is 22.3 Å². The molecule has 53 heavy (non-hydrogen) atoms. The number of nitrogens with zero attached hydrogens (tertiary/aromatic N) is 2. The molecule has 1 spiro atoms. The van der Waals surface area contributed by atoms with Gasteiger partial charge >= 0.3 is 0 Å². The summed E-state index contributed by atoms with van der Waals surface area (Å²) in [6, 6.07) is 70.2. The topological polar surface area (TPSA) is 32.5 Å². The second kappa shape index (κ2) is 12.1. The molecule has 0 aromatic heterocycles. The molecule has 0 radical (unpaired) electrons. The highest BCUT2D eigenvalue weighted by Crippen LogP contribution is 2.64. The van der Waals surface area contributed by atoms with Crippen molar-refractivity contribution in [1.82, 2.24) is 0 Å². The summed E-state index contributed by atoms with van der Waals surface area (Å²) in [6.45, 7) is 2.20. The third-order valence-corrected chi connectivity index (χ3v) is 11.0. The zero-order chi connectivity index (χ0) is 35.5.